The SMILES string of the molecule is COc1ccc(C(O)c2cccc(OC3CC3)c2)cc1. The summed E-state index contributed by atoms with van der Waals surface area (Å²) in [6, 6.07) is 15.1. The van der Waals surface area contributed by atoms with Crippen LogP contribution in [0.1, 0.15) is 30.1 Å². The van der Waals surface area contributed by atoms with Crippen LogP contribution in [-0.2, 0) is 0 Å². The summed E-state index contributed by atoms with van der Waals surface area (Å²) in [5, 5.41) is 10.4. The first-order chi connectivity index (χ1) is 9.76. The molecule has 0 radical (unpaired) electrons. The average molecular weight is 270 g/mol. The maximum atomic E-state index is 10.4. The van der Waals surface area contributed by atoms with E-state index in [0.29, 0.717) is 6.10 Å². The summed E-state index contributed by atoms with van der Waals surface area (Å²) in [6.07, 6.45) is 1.98. The van der Waals surface area contributed by atoms with E-state index in [4.69, 9.17) is 9.47 Å². The van der Waals surface area contributed by atoms with Crippen molar-refractivity contribution < 1.29 is 14.6 Å². The standard InChI is InChI=1S/C17H18O3/c1-19-14-7-5-12(6-8-14)17(18)13-3-2-4-16(11-13)20-15-9-10-15/h2-8,11,15,17-18H,9-10H2,1H3. The lowest BCUT2D eigenvalue weighted by Gasteiger charge is -2.13. The molecule has 104 valence electrons. The molecule has 0 saturated heterocycles. The molecule has 0 aromatic heterocycles. The van der Waals surface area contributed by atoms with E-state index in [1.807, 2.05) is 48.5 Å². The third-order valence-electron chi connectivity index (χ3n) is 3.43. The molecule has 0 bridgehead atoms. The number of aliphatic hydroxyl groups excluding tert-OH is 1. The average Bonchev–Trinajstić information content (AvgIpc) is 3.31. The van der Waals surface area contributed by atoms with E-state index >= 15 is 0 Å². The topological polar surface area (TPSA) is 38.7 Å². The molecule has 1 atom stereocenters. The number of ether oxygens (including phenoxy) is 2. The highest BCUT2D eigenvalue weighted by Crippen LogP contribution is 2.30. The maximum Gasteiger partial charge on any atom is 0.120 e. The second kappa shape index (κ2) is 5.55. The highest BCUT2D eigenvalue weighted by molar-refractivity contribution is 5.37. The lowest BCUT2D eigenvalue weighted by molar-refractivity contribution is 0.219. The summed E-state index contributed by atoms with van der Waals surface area (Å²) in [5.41, 5.74) is 1.68. The van der Waals surface area contributed by atoms with Crippen LogP contribution in [0.5, 0.6) is 11.5 Å². The van der Waals surface area contributed by atoms with Crippen LogP contribution in [0.3, 0.4) is 0 Å². The van der Waals surface area contributed by atoms with E-state index in [0.717, 1.165) is 35.5 Å². The van der Waals surface area contributed by atoms with Crippen LogP contribution >= 0.6 is 0 Å². The van der Waals surface area contributed by atoms with Crippen molar-refractivity contribution >= 4 is 0 Å². The first-order valence-electron chi connectivity index (χ1n) is 6.85. The zero-order valence-electron chi connectivity index (χ0n) is 11.5. The Morgan fingerprint density at radius 1 is 1.00 bits per heavy atom. The normalized spacial score (nSPS) is 15.7. The van der Waals surface area contributed by atoms with Crippen LogP contribution in [0.2, 0.25) is 0 Å². The molecule has 0 heterocycles. The smallest absolute Gasteiger partial charge is 0.120 e. The van der Waals surface area contributed by atoms with Crippen molar-refractivity contribution in [1.29, 1.82) is 0 Å². The Balaban J connectivity index is 1.79. The van der Waals surface area contributed by atoms with Gasteiger partial charge in [-0.25, -0.2) is 0 Å². The van der Waals surface area contributed by atoms with Crippen molar-refractivity contribution in [1.82, 2.24) is 0 Å². The van der Waals surface area contributed by atoms with Gasteiger partial charge in [0.2, 0.25) is 0 Å². The number of rotatable bonds is 5. The fraction of sp³-hybridized carbons (Fsp3) is 0.294. The number of benzene rings is 2. The lowest BCUT2D eigenvalue weighted by atomic mass is 10.0. The summed E-state index contributed by atoms with van der Waals surface area (Å²) in [6.45, 7) is 0. The predicted molar refractivity (Wildman–Crippen MR) is 77.1 cm³/mol. The minimum atomic E-state index is -0.649. The Bertz CT molecular complexity index is 573. The van der Waals surface area contributed by atoms with E-state index in [1.165, 1.54) is 0 Å². The fourth-order valence-electron chi connectivity index (χ4n) is 2.11. The highest BCUT2D eigenvalue weighted by Gasteiger charge is 2.23. The molecule has 2 aromatic carbocycles. The monoisotopic (exact) mass is 270 g/mol. The Kier molecular flexibility index (Phi) is 3.61. The number of hydrogen-bond donors (Lipinski definition) is 1. The van der Waals surface area contributed by atoms with Gasteiger partial charge in [-0.1, -0.05) is 24.3 Å². The molecule has 3 nitrogen and oxygen atoms in total. The molecule has 3 rings (SSSR count). The van der Waals surface area contributed by atoms with Gasteiger partial charge in [-0.3, -0.25) is 0 Å². The zero-order chi connectivity index (χ0) is 13.9. The first kappa shape index (κ1) is 13.0. The molecular formula is C17H18O3. The summed E-state index contributed by atoms with van der Waals surface area (Å²) in [5.74, 6) is 1.62. The van der Waals surface area contributed by atoms with Crippen LogP contribution in [0.15, 0.2) is 48.5 Å². The molecular weight excluding hydrogens is 252 g/mol. The molecule has 0 amide bonds. The van der Waals surface area contributed by atoms with Gasteiger partial charge in [0.05, 0.1) is 13.2 Å². The minimum absolute atomic E-state index is 0.364. The molecule has 1 N–H and O–H groups in total. The van der Waals surface area contributed by atoms with Crippen molar-refractivity contribution in [3.63, 3.8) is 0 Å². The molecule has 3 heteroatoms. The molecule has 1 unspecified atom stereocenters. The van der Waals surface area contributed by atoms with Gasteiger partial charge >= 0.3 is 0 Å². The zero-order valence-corrected chi connectivity index (χ0v) is 11.5. The van der Waals surface area contributed by atoms with E-state index in [-0.39, 0.29) is 0 Å². The minimum Gasteiger partial charge on any atom is -0.497 e. The Hall–Kier alpha value is -2.00. The Morgan fingerprint density at radius 2 is 1.75 bits per heavy atom. The number of hydrogen-bond acceptors (Lipinski definition) is 3. The molecule has 1 saturated carbocycles. The van der Waals surface area contributed by atoms with Crippen LogP contribution in [-0.4, -0.2) is 18.3 Å². The van der Waals surface area contributed by atoms with Gasteiger partial charge in [0.25, 0.3) is 0 Å². The molecule has 0 spiro atoms. The van der Waals surface area contributed by atoms with E-state index < -0.39 is 6.10 Å². The van der Waals surface area contributed by atoms with Crippen molar-refractivity contribution in [2.75, 3.05) is 7.11 Å². The summed E-state index contributed by atoms with van der Waals surface area (Å²) in [7, 11) is 1.63. The fourth-order valence-corrected chi connectivity index (χ4v) is 2.11. The molecule has 1 aliphatic carbocycles. The molecule has 1 aliphatic rings. The van der Waals surface area contributed by atoms with Gasteiger partial charge in [0, 0.05) is 0 Å². The number of methoxy groups -OCH3 is 1. The first-order valence-corrected chi connectivity index (χ1v) is 6.85. The summed E-state index contributed by atoms with van der Waals surface area (Å²) >= 11 is 0. The molecule has 20 heavy (non-hydrogen) atoms. The summed E-state index contributed by atoms with van der Waals surface area (Å²) in [4.78, 5) is 0. The van der Waals surface area contributed by atoms with Gasteiger partial charge in [-0.2, -0.15) is 0 Å². The predicted octanol–water partition coefficient (Wildman–Crippen LogP) is 3.32. The van der Waals surface area contributed by atoms with Gasteiger partial charge < -0.3 is 14.6 Å². The lowest BCUT2D eigenvalue weighted by Crippen LogP contribution is -2.01. The Morgan fingerprint density at radius 3 is 2.40 bits per heavy atom. The largest absolute Gasteiger partial charge is 0.497 e. The van der Waals surface area contributed by atoms with Crippen molar-refractivity contribution in [2.45, 2.75) is 25.0 Å². The van der Waals surface area contributed by atoms with E-state index in [9.17, 15) is 5.11 Å². The van der Waals surface area contributed by atoms with Gasteiger partial charge in [0.15, 0.2) is 0 Å². The Labute approximate surface area is 118 Å². The quantitative estimate of drug-likeness (QED) is 0.905. The molecule has 0 aliphatic heterocycles. The second-order valence-corrected chi connectivity index (χ2v) is 5.07. The maximum absolute atomic E-state index is 10.4. The number of aliphatic hydroxyl groups is 1. The van der Waals surface area contributed by atoms with Crippen molar-refractivity contribution in [3.8, 4) is 11.5 Å². The molecule has 1 fully saturated rings. The van der Waals surface area contributed by atoms with Crippen LogP contribution < -0.4 is 9.47 Å². The van der Waals surface area contributed by atoms with Crippen LogP contribution in [0, 0.1) is 0 Å². The summed E-state index contributed by atoms with van der Waals surface area (Å²) < 4.78 is 10.9. The third-order valence-corrected chi connectivity index (χ3v) is 3.43. The van der Waals surface area contributed by atoms with Crippen LogP contribution in [0.4, 0.5) is 0 Å². The molecule has 2 aromatic rings. The second-order valence-electron chi connectivity index (χ2n) is 5.07. The van der Waals surface area contributed by atoms with E-state index in [1.54, 1.807) is 7.11 Å². The van der Waals surface area contributed by atoms with E-state index in [2.05, 4.69) is 0 Å². The third kappa shape index (κ3) is 2.94. The van der Waals surface area contributed by atoms with Crippen molar-refractivity contribution in [3.05, 3.63) is 59.7 Å². The van der Waals surface area contributed by atoms with Crippen LogP contribution in [0.25, 0.3) is 0 Å². The van der Waals surface area contributed by atoms with Crippen molar-refractivity contribution in [2.24, 2.45) is 0 Å². The van der Waals surface area contributed by atoms with Gasteiger partial charge in [0.1, 0.15) is 17.6 Å². The van der Waals surface area contributed by atoms with Gasteiger partial charge in [-0.05, 0) is 48.2 Å². The van der Waals surface area contributed by atoms with Gasteiger partial charge in [-0.15, -0.1) is 0 Å². The highest BCUT2D eigenvalue weighted by atomic mass is 16.5.